The van der Waals surface area contributed by atoms with E-state index in [0.717, 1.165) is 0 Å². The van der Waals surface area contributed by atoms with Crippen molar-refractivity contribution in [3.05, 3.63) is 18.0 Å². The largest absolute Gasteiger partial charge is 0.462 e. The zero-order valence-corrected chi connectivity index (χ0v) is 5.94. The summed E-state index contributed by atoms with van der Waals surface area (Å²) >= 11 is 0. The highest BCUT2D eigenvalue weighted by Gasteiger charge is 2.05. The average Bonchev–Trinajstić information content (AvgIpc) is 2.07. The topological polar surface area (TPSA) is 65.0 Å². The Labute approximate surface area is 63.4 Å². The second kappa shape index (κ2) is 3.60. The highest BCUT2D eigenvalue weighted by Crippen LogP contribution is 1.93. The second-order valence-corrected chi connectivity index (χ2v) is 1.68. The van der Waals surface area contributed by atoms with Crippen LogP contribution in [0.1, 0.15) is 17.3 Å². The van der Waals surface area contributed by atoms with Gasteiger partial charge in [0, 0.05) is 0 Å². The summed E-state index contributed by atoms with van der Waals surface area (Å²) in [7, 11) is 0. The Bertz CT molecular complexity index is 237. The Morgan fingerprint density at radius 1 is 1.82 bits per heavy atom. The molecule has 0 aromatic carbocycles. The van der Waals surface area contributed by atoms with Gasteiger partial charge in [0.25, 0.3) is 0 Å². The lowest BCUT2D eigenvalue weighted by Crippen LogP contribution is -2.06. The molecule has 57 valence electrons. The number of aromatic nitrogens is 3. The number of rotatable bonds is 2. The molecular formula is C6H6N3O2. The van der Waals surface area contributed by atoms with Crippen LogP contribution in [0.3, 0.4) is 0 Å². The van der Waals surface area contributed by atoms with Gasteiger partial charge in [0.15, 0.2) is 0 Å². The van der Waals surface area contributed by atoms with E-state index >= 15 is 0 Å². The second-order valence-electron chi connectivity index (χ2n) is 1.68. The molecule has 0 fully saturated rings. The van der Waals surface area contributed by atoms with E-state index < -0.39 is 5.97 Å². The van der Waals surface area contributed by atoms with Crippen LogP contribution in [-0.2, 0) is 4.74 Å². The van der Waals surface area contributed by atoms with Gasteiger partial charge in [-0.25, -0.2) is 4.79 Å². The summed E-state index contributed by atoms with van der Waals surface area (Å²) in [5.74, 6) is -0.477. The standard InChI is InChI=1S/C6H6N3O2/c1-2-11-6(10)5-3-7-9-8-4-5/h3H,2H2,1H3. The Balaban J connectivity index is 2.69. The van der Waals surface area contributed by atoms with Crippen LogP contribution < -0.4 is 0 Å². The van der Waals surface area contributed by atoms with Gasteiger partial charge in [-0.2, -0.15) is 0 Å². The van der Waals surface area contributed by atoms with Crippen molar-refractivity contribution in [2.75, 3.05) is 6.61 Å². The summed E-state index contributed by atoms with van der Waals surface area (Å²) < 4.78 is 4.65. The van der Waals surface area contributed by atoms with Crippen molar-refractivity contribution in [3.63, 3.8) is 0 Å². The minimum absolute atomic E-state index is 0.196. The summed E-state index contributed by atoms with van der Waals surface area (Å²) in [5, 5.41) is 9.92. The first kappa shape index (κ1) is 7.59. The highest BCUT2D eigenvalue weighted by atomic mass is 16.5. The van der Waals surface area contributed by atoms with Gasteiger partial charge in [-0.3, -0.25) is 0 Å². The summed E-state index contributed by atoms with van der Waals surface area (Å²) in [6.07, 6.45) is 3.61. The van der Waals surface area contributed by atoms with Gasteiger partial charge in [-0.15, -0.1) is 10.2 Å². The van der Waals surface area contributed by atoms with Crippen LogP contribution in [-0.4, -0.2) is 28.0 Å². The normalized spacial score (nSPS) is 9.18. The Kier molecular flexibility index (Phi) is 2.48. The highest BCUT2D eigenvalue weighted by molar-refractivity contribution is 5.88. The van der Waals surface area contributed by atoms with Crippen LogP contribution in [0.15, 0.2) is 6.20 Å². The Hall–Kier alpha value is -1.52. The maximum absolute atomic E-state index is 10.9. The predicted octanol–water partition coefficient (Wildman–Crippen LogP) is -0.152. The molecule has 5 nitrogen and oxygen atoms in total. The van der Waals surface area contributed by atoms with Crippen molar-refractivity contribution in [1.29, 1.82) is 0 Å². The number of esters is 1. The zero-order chi connectivity index (χ0) is 8.10. The summed E-state index contributed by atoms with van der Waals surface area (Å²) in [4.78, 5) is 10.9. The molecule has 0 spiro atoms. The van der Waals surface area contributed by atoms with Crippen LogP contribution in [0.25, 0.3) is 0 Å². The molecule has 0 aliphatic heterocycles. The Morgan fingerprint density at radius 3 is 3.18 bits per heavy atom. The first-order valence-corrected chi connectivity index (χ1v) is 3.07. The van der Waals surface area contributed by atoms with Gasteiger partial charge >= 0.3 is 5.97 Å². The zero-order valence-electron chi connectivity index (χ0n) is 5.94. The lowest BCUT2D eigenvalue weighted by Gasteiger charge is -1.97. The number of ether oxygens (including phenoxy) is 1. The predicted molar refractivity (Wildman–Crippen MR) is 34.6 cm³/mol. The quantitative estimate of drug-likeness (QED) is 0.551. The van der Waals surface area contributed by atoms with Crippen molar-refractivity contribution in [1.82, 2.24) is 15.4 Å². The smallest absolute Gasteiger partial charge is 0.342 e. The molecule has 0 aliphatic rings. The molecular weight excluding hydrogens is 146 g/mol. The van der Waals surface area contributed by atoms with Gasteiger partial charge in [-0.1, -0.05) is 0 Å². The Morgan fingerprint density at radius 2 is 2.64 bits per heavy atom. The van der Waals surface area contributed by atoms with E-state index in [0.29, 0.717) is 6.61 Å². The third-order valence-corrected chi connectivity index (χ3v) is 0.949. The summed E-state index contributed by atoms with van der Waals surface area (Å²) in [5.41, 5.74) is 0.196. The first-order chi connectivity index (χ1) is 5.34. The van der Waals surface area contributed by atoms with Crippen molar-refractivity contribution in [2.24, 2.45) is 0 Å². The van der Waals surface area contributed by atoms with E-state index in [4.69, 9.17) is 0 Å². The van der Waals surface area contributed by atoms with Gasteiger partial charge < -0.3 is 4.74 Å². The van der Waals surface area contributed by atoms with E-state index in [1.807, 2.05) is 0 Å². The maximum Gasteiger partial charge on any atom is 0.342 e. The van der Waals surface area contributed by atoms with Crippen LogP contribution >= 0.6 is 0 Å². The third kappa shape index (κ3) is 1.96. The van der Waals surface area contributed by atoms with Crippen molar-refractivity contribution < 1.29 is 9.53 Å². The number of nitrogens with zero attached hydrogens (tertiary/aromatic N) is 3. The molecule has 1 rings (SSSR count). The van der Waals surface area contributed by atoms with Crippen LogP contribution in [0.2, 0.25) is 0 Å². The minimum atomic E-state index is -0.477. The molecule has 0 N–H and O–H groups in total. The molecule has 1 aromatic heterocycles. The third-order valence-electron chi connectivity index (χ3n) is 0.949. The molecule has 11 heavy (non-hydrogen) atoms. The number of carbonyl (C=O) groups is 1. The molecule has 1 heterocycles. The lowest BCUT2D eigenvalue weighted by atomic mass is 10.4. The van der Waals surface area contributed by atoms with Gasteiger partial charge in [0.1, 0.15) is 11.8 Å². The molecule has 0 bridgehead atoms. The molecule has 0 amide bonds. The molecule has 5 heteroatoms. The molecule has 1 aromatic rings. The monoisotopic (exact) mass is 152 g/mol. The van der Waals surface area contributed by atoms with E-state index in [1.165, 1.54) is 6.20 Å². The van der Waals surface area contributed by atoms with E-state index in [1.54, 1.807) is 6.92 Å². The molecule has 0 saturated carbocycles. The van der Waals surface area contributed by atoms with Crippen LogP contribution in [0.4, 0.5) is 0 Å². The minimum Gasteiger partial charge on any atom is -0.462 e. The SMILES string of the molecule is CCOC(=O)c1[c]nnnc1. The average molecular weight is 152 g/mol. The molecule has 1 radical (unpaired) electrons. The van der Waals surface area contributed by atoms with Crippen molar-refractivity contribution in [3.8, 4) is 0 Å². The molecule has 0 aliphatic carbocycles. The van der Waals surface area contributed by atoms with Gasteiger partial charge in [-0.05, 0) is 12.1 Å². The van der Waals surface area contributed by atoms with Gasteiger partial charge in [0.05, 0.1) is 12.8 Å². The molecule has 0 unspecified atom stereocenters. The fourth-order valence-corrected chi connectivity index (χ4v) is 0.522. The number of carbonyl (C=O) groups excluding carboxylic acids is 1. The van der Waals surface area contributed by atoms with Crippen molar-refractivity contribution in [2.45, 2.75) is 6.92 Å². The van der Waals surface area contributed by atoms with E-state index in [9.17, 15) is 4.79 Å². The fourth-order valence-electron chi connectivity index (χ4n) is 0.522. The number of hydrogen-bond acceptors (Lipinski definition) is 5. The fraction of sp³-hybridized carbons (Fsp3) is 0.333. The molecule has 0 atom stereocenters. The molecule has 0 saturated heterocycles. The van der Waals surface area contributed by atoms with E-state index in [2.05, 4.69) is 26.3 Å². The van der Waals surface area contributed by atoms with Crippen LogP contribution in [0.5, 0.6) is 0 Å². The first-order valence-electron chi connectivity index (χ1n) is 3.07. The maximum atomic E-state index is 10.9. The summed E-state index contributed by atoms with van der Waals surface area (Å²) in [6.45, 7) is 2.05. The van der Waals surface area contributed by atoms with E-state index in [-0.39, 0.29) is 5.56 Å². The van der Waals surface area contributed by atoms with Gasteiger partial charge in [0.2, 0.25) is 0 Å². The van der Waals surface area contributed by atoms with Crippen molar-refractivity contribution >= 4 is 5.97 Å². The summed E-state index contributed by atoms with van der Waals surface area (Å²) in [6, 6.07) is 0. The lowest BCUT2D eigenvalue weighted by molar-refractivity contribution is 0.0524. The number of hydrogen-bond donors (Lipinski definition) is 0. The van der Waals surface area contributed by atoms with Crippen LogP contribution in [0, 0.1) is 6.20 Å².